The first-order valence-corrected chi connectivity index (χ1v) is 7.14. The normalized spacial score (nSPS) is 11.6. The van der Waals surface area contributed by atoms with Crippen LogP contribution >= 0.6 is 15.9 Å². The number of rotatable bonds is 8. The van der Waals surface area contributed by atoms with E-state index >= 15 is 0 Å². The molecular formula is C14H22BrNO2. The summed E-state index contributed by atoms with van der Waals surface area (Å²) in [6, 6.07) is 7.76. The summed E-state index contributed by atoms with van der Waals surface area (Å²) in [7, 11) is 0. The van der Waals surface area contributed by atoms with E-state index in [0.717, 1.165) is 23.1 Å². The first kappa shape index (κ1) is 15.5. The molecular weight excluding hydrogens is 294 g/mol. The molecule has 0 aliphatic rings. The maximum atomic E-state index is 6.14. The first-order valence-electron chi connectivity index (χ1n) is 6.34. The first-order chi connectivity index (χ1) is 8.59. The molecule has 1 aromatic carbocycles. The van der Waals surface area contributed by atoms with Crippen molar-refractivity contribution in [2.75, 3.05) is 19.8 Å². The molecule has 0 aromatic heterocycles. The molecule has 2 N–H and O–H groups in total. The molecule has 0 atom stereocenters. The molecule has 0 aliphatic heterocycles. The van der Waals surface area contributed by atoms with Gasteiger partial charge in [0.1, 0.15) is 12.4 Å². The third-order valence-corrected chi connectivity index (χ3v) is 3.64. The summed E-state index contributed by atoms with van der Waals surface area (Å²) >= 11 is 3.38. The molecule has 1 rings (SSSR count). The minimum atomic E-state index is -0.197. The Morgan fingerprint density at radius 2 is 1.72 bits per heavy atom. The minimum absolute atomic E-state index is 0.197. The van der Waals surface area contributed by atoms with E-state index in [-0.39, 0.29) is 5.54 Å². The smallest absolute Gasteiger partial charge is 0.119 e. The van der Waals surface area contributed by atoms with E-state index in [0.29, 0.717) is 19.8 Å². The summed E-state index contributed by atoms with van der Waals surface area (Å²) in [5, 5.41) is 0. The van der Waals surface area contributed by atoms with Crippen LogP contribution in [0.2, 0.25) is 0 Å². The van der Waals surface area contributed by atoms with Gasteiger partial charge in [-0.3, -0.25) is 0 Å². The SMILES string of the molecule is CCC(N)(CC)COCCOc1ccc(Br)cc1. The van der Waals surface area contributed by atoms with E-state index in [1.165, 1.54) is 0 Å². The van der Waals surface area contributed by atoms with Crippen LogP contribution in [0.3, 0.4) is 0 Å². The lowest BCUT2D eigenvalue weighted by Gasteiger charge is -2.26. The van der Waals surface area contributed by atoms with Gasteiger partial charge in [0.05, 0.1) is 13.2 Å². The molecule has 4 heteroatoms. The van der Waals surface area contributed by atoms with Gasteiger partial charge in [-0.05, 0) is 37.1 Å². The Balaban J connectivity index is 2.17. The number of nitrogens with two attached hydrogens (primary N) is 1. The molecule has 3 nitrogen and oxygen atoms in total. The molecule has 0 aliphatic carbocycles. The van der Waals surface area contributed by atoms with Gasteiger partial charge in [-0.2, -0.15) is 0 Å². The van der Waals surface area contributed by atoms with Crippen LogP contribution in [0.15, 0.2) is 28.7 Å². The van der Waals surface area contributed by atoms with Crippen molar-refractivity contribution in [1.29, 1.82) is 0 Å². The molecule has 0 saturated heterocycles. The van der Waals surface area contributed by atoms with E-state index < -0.39 is 0 Å². The molecule has 0 heterocycles. The van der Waals surface area contributed by atoms with Crippen molar-refractivity contribution in [3.63, 3.8) is 0 Å². The topological polar surface area (TPSA) is 44.5 Å². The fourth-order valence-electron chi connectivity index (χ4n) is 1.48. The molecule has 0 amide bonds. The zero-order valence-electron chi connectivity index (χ0n) is 11.1. The molecule has 18 heavy (non-hydrogen) atoms. The largest absolute Gasteiger partial charge is 0.491 e. The Morgan fingerprint density at radius 1 is 1.11 bits per heavy atom. The number of benzene rings is 1. The Bertz CT molecular complexity index is 336. The van der Waals surface area contributed by atoms with Crippen LogP contribution in [-0.2, 0) is 4.74 Å². The van der Waals surface area contributed by atoms with Crippen molar-refractivity contribution < 1.29 is 9.47 Å². The molecule has 0 saturated carbocycles. The average Bonchev–Trinajstić information content (AvgIpc) is 2.40. The molecule has 1 aromatic rings. The van der Waals surface area contributed by atoms with Crippen LogP contribution in [-0.4, -0.2) is 25.4 Å². The van der Waals surface area contributed by atoms with E-state index in [9.17, 15) is 0 Å². The van der Waals surface area contributed by atoms with E-state index in [1.807, 2.05) is 24.3 Å². The average molecular weight is 316 g/mol. The summed E-state index contributed by atoms with van der Waals surface area (Å²) in [5.41, 5.74) is 5.94. The fraction of sp³-hybridized carbons (Fsp3) is 0.571. The van der Waals surface area contributed by atoms with Gasteiger partial charge < -0.3 is 15.2 Å². The van der Waals surface area contributed by atoms with Gasteiger partial charge >= 0.3 is 0 Å². The Morgan fingerprint density at radius 3 is 2.28 bits per heavy atom. The summed E-state index contributed by atoms with van der Waals surface area (Å²) in [4.78, 5) is 0. The minimum Gasteiger partial charge on any atom is -0.491 e. The van der Waals surface area contributed by atoms with E-state index in [2.05, 4.69) is 29.8 Å². The van der Waals surface area contributed by atoms with Crippen molar-refractivity contribution in [3.05, 3.63) is 28.7 Å². The summed E-state index contributed by atoms with van der Waals surface area (Å²) in [5.74, 6) is 0.854. The molecule has 0 unspecified atom stereocenters. The number of hydrogen-bond donors (Lipinski definition) is 1. The zero-order chi connectivity index (χ0) is 13.4. The lowest BCUT2D eigenvalue weighted by Crippen LogP contribution is -2.43. The van der Waals surface area contributed by atoms with Gasteiger partial charge in [0.2, 0.25) is 0 Å². The molecule has 0 spiro atoms. The Labute approximate surface area is 118 Å². The highest BCUT2D eigenvalue weighted by molar-refractivity contribution is 9.10. The third kappa shape index (κ3) is 5.38. The van der Waals surface area contributed by atoms with Crippen molar-refractivity contribution in [1.82, 2.24) is 0 Å². The van der Waals surface area contributed by atoms with Crippen molar-refractivity contribution in [2.24, 2.45) is 5.73 Å². The lowest BCUT2D eigenvalue weighted by molar-refractivity contribution is 0.0598. The van der Waals surface area contributed by atoms with Crippen molar-refractivity contribution >= 4 is 15.9 Å². The lowest BCUT2D eigenvalue weighted by atomic mass is 9.96. The number of hydrogen-bond acceptors (Lipinski definition) is 3. The van der Waals surface area contributed by atoms with Gasteiger partial charge in [0, 0.05) is 10.0 Å². The van der Waals surface area contributed by atoms with Crippen LogP contribution in [0.1, 0.15) is 26.7 Å². The van der Waals surface area contributed by atoms with Crippen LogP contribution in [0, 0.1) is 0 Å². The predicted octanol–water partition coefficient (Wildman–Crippen LogP) is 3.36. The summed E-state index contributed by atoms with van der Waals surface area (Å²) < 4.78 is 12.2. The molecule has 0 fully saturated rings. The molecule has 0 bridgehead atoms. The predicted molar refractivity (Wildman–Crippen MR) is 78.0 cm³/mol. The van der Waals surface area contributed by atoms with E-state index in [4.69, 9.17) is 15.2 Å². The second kappa shape index (κ2) is 7.77. The standard InChI is InChI=1S/C14H22BrNO2/c1-3-14(16,4-2)11-17-9-10-18-13-7-5-12(15)6-8-13/h5-8H,3-4,9-11,16H2,1-2H3. The van der Waals surface area contributed by atoms with Crippen molar-refractivity contribution in [2.45, 2.75) is 32.2 Å². The van der Waals surface area contributed by atoms with Gasteiger partial charge in [-0.1, -0.05) is 29.8 Å². The van der Waals surface area contributed by atoms with Crippen LogP contribution in [0.25, 0.3) is 0 Å². The fourth-order valence-corrected chi connectivity index (χ4v) is 1.74. The Kier molecular flexibility index (Phi) is 6.68. The Hall–Kier alpha value is -0.580. The second-order valence-electron chi connectivity index (χ2n) is 4.42. The molecule has 0 radical (unpaired) electrons. The monoisotopic (exact) mass is 315 g/mol. The highest BCUT2D eigenvalue weighted by Gasteiger charge is 2.19. The van der Waals surface area contributed by atoms with Crippen LogP contribution < -0.4 is 10.5 Å². The van der Waals surface area contributed by atoms with E-state index in [1.54, 1.807) is 0 Å². The van der Waals surface area contributed by atoms with Crippen LogP contribution in [0.4, 0.5) is 0 Å². The van der Waals surface area contributed by atoms with Gasteiger partial charge in [-0.25, -0.2) is 0 Å². The van der Waals surface area contributed by atoms with Crippen LogP contribution in [0.5, 0.6) is 5.75 Å². The van der Waals surface area contributed by atoms with Gasteiger partial charge in [0.15, 0.2) is 0 Å². The highest BCUT2D eigenvalue weighted by atomic mass is 79.9. The molecule has 102 valence electrons. The maximum Gasteiger partial charge on any atom is 0.119 e. The summed E-state index contributed by atoms with van der Waals surface area (Å²) in [6.07, 6.45) is 1.86. The number of ether oxygens (including phenoxy) is 2. The van der Waals surface area contributed by atoms with Crippen molar-refractivity contribution in [3.8, 4) is 5.75 Å². The third-order valence-electron chi connectivity index (χ3n) is 3.11. The zero-order valence-corrected chi connectivity index (χ0v) is 12.7. The second-order valence-corrected chi connectivity index (χ2v) is 5.34. The quantitative estimate of drug-likeness (QED) is 0.748. The van der Waals surface area contributed by atoms with Gasteiger partial charge in [0.25, 0.3) is 0 Å². The maximum absolute atomic E-state index is 6.14. The highest BCUT2D eigenvalue weighted by Crippen LogP contribution is 2.16. The van der Waals surface area contributed by atoms with Gasteiger partial charge in [-0.15, -0.1) is 0 Å². The number of halogens is 1. The summed E-state index contributed by atoms with van der Waals surface area (Å²) in [6.45, 7) is 5.88.